The molecule has 3 rings (SSSR count). The van der Waals surface area contributed by atoms with Crippen LogP contribution in [0.3, 0.4) is 0 Å². The van der Waals surface area contributed by atoms with Crippen molar-refractivity contribution in [3.05, 3.63) is 75.1 Å². The average Bonchev–Trinajstić information content (AvgIpc) is 2.82. The van der Waals surface area contributed by atoms with Gasteiger partial charge in [0, 0.05) is 28.7 Å². The second-order valence-corrected chi connectivity index (χ2v) is 9.34. The van der Waals surface area contributed by atoms with Gasteiger partial charge in [0.2, 0.25) is 0 Å². The van der Waals surface area contributed by atoms with Crippen LogP contribution >= 0.6 is 12.2 Å². The van der Waals surface area contributed by atoms with Crippen LogP contribution in [0, 0.1) is 13.8 Å². The molecule has 0 bridgehead atoms. The highest BCUT2D eigenvalue weighted by atomic mass is 32.1. The largest absolute Gasteiger partial charge is 0.344 e. The first-order valence-corrected chi connectivity index (χ1v) is 12.8. The Labute approximate surface area is 209 Å². The van der Waals surface area contributed by atoms with Crippen LogP contribution in [0.4, 0.5) is 5.69 Å². The quantitative estimate of drug-likeness (QED) is 0.370. The minimum Gasteiger partial charge on any atom is -0.344 e. The molecule has 2 aromatic carbocycles. The van der Waals surface area contributed by atoms with Gasteiger partial charge >= 0.3 is 0 Å². The van der Waals surface area contributed by atoms with Gasteiger partial charge in [0.05, 0.1) is 6.54 Å². The smallest absolute Gasteiger partial charge is 0.253 e. The Hall–Kier alpha value is -2.70. The number of aromatic nitrogens is 1. The first-order valence-electron chi connectivity index (χ1n) is 12.3. The molecule has 0 saturated heterocycles. The molecule has 0 radical (unpaired) electrons. The molecule has 0 unspecified atom stereocenters. The molecule has 34 heavy (non-hydrogen) atoms. The Morgan fingerprint density at radius 3 is 2.35 bits per heavy atom. The lowest BCUT2D eigenvalue weighted by Crippen LogP contribution is -2.38. The Balaban J connectivity index is 1.84. The van der Waals surface area contributed by atoms with Crippen molar-refractivity contribution >= 4 is 33.9 Å². The van der Waals surface area contributed by atoms with Crippen molar-refractivity contribution in [2.75, 3.05) is 31.5 Å². The van der Waals surface area contributed by atoms with Gasteiger partial charge in [-0.2, -0.15) is 0 Å². The number of pyridine rings is 1. The molecular weight excluding hydrogens is 440 g/mol. The maximum atomic E-state index is 13.0. The van der Waals surface area contributed by atoms with E-state index in [2.05, 4.69) is 78.1 Å². The Kier molecular flexibility index (Phi) is 9.25. The number of anilines is 1. The second-order valence-electron chi connectivity index (χ2n) is 8.95. The second kappa shape index (κ2) is 12.1. The average molecular weight is 479 g/mol. The molecule has 5 nitrogen and oxygen atoms in total. The van der Waals surface area contributed by atoms with Crippen LogP contribution in [-0.2, 0) is 13.0 Å². The molecule has 1 heterocycles. The van der Waals surface area contributed by atoms with E-state index >= 15 is 0 Å². The highest BCUT2D eigenvalue weighted by Crippen LogP contribution is 2.19. The minimum atomic E-state index is -0.0543. The van der Waals surface area contributed by atoms with Gasteiger partial charge in [-0.05, 0) is 99.5 Å². The minimum absolute atomic E-state index is 0.0543. The molecule has 2 N–H and O–H groups in total. The van der Waals surface area contributed by atoms with Gasteiger partial charge in [-0.25, -0.2) is 0 Å². The van der Waals surface area contributed by atoms with Crippen molar-refractivity contribution in [2.24, 2.45) is 0 Å². The summed E-state index contributed by atoms with van der Waals surface area (Å²) in [5.41, 5.74) is 6.13. The lowest BCUT2D eigenvalue weighted by Gasteiger charge is -2.27. The highest BCUT2D eigenvalue weighted by molar-refractivity contribution is 7.80. The molecule has 0 saturated carbocycles. The lowest BCUT2D eigenvalue weighted by molar-refractivity contribution is 0.281. The van der Waals surface area contributed by atoms with Gasteiger partial charge in [-0.3, -0.25) is 4.79 Å². The van der Waals surface area contributed by atoms with Crippen molar-refractivity contribution in [2.45, 2.75) is 54.0 Å². The maximum absolute atomic E-state index is 13.0. The topological polar surface area (TPSA) is 51.4 Å². The van der Waals surface area contributed by atoms with Crippen molar-refractivity contribution in [1.29, 1.82) is 0 Å². The number of rotatable bonds is 10. The van der Waals surface area contributed by atoms with Crippen LogP contribution in [-0.4, -0.2) is 46.1 Å². The van der Waals surface area contributed by atoms with E-state index in [0.29, 0.717) is 11.7 Å². The summed E-state index contributed by atoms with van der Waals surface area (Å²) in [5, 5.41) is 5.11. The molecule has 0 aliphatic heterocycles. The fourth-order valence-electron chi connectivity index (χ4n) is 4.34. The van der Waals surface area contributed by atoms with Gasteiger partial charge in [0.1, 0.15) is 0 Å². The van der Waals surface area contributed by atoms with Crippen LogP contribution in [0.2, 0.25) is 0 Å². The van der Waals surface area contributed by atoms with Crippen molar-refractivity contribution < 1.29 is 0 Å². The van der Waals surface area contributed by atoms with Crippen LogP contribution in [0.5, 0.6) is 0 Å². The first-order chi connectivity index (χ1) is 16.3. The molecule has 3 aromatic rings. The van der Waals surface area contributed by atoms with E-state index in [4.69, 9.17) is 12.2 Å². The molecule has 0 atom stereocenters. The van der Waals surface area contributed by atoms with Gasteiger partial charge < -0.3 is 20.1 Å². The molecular formula is C28H38N4OS. The van der Waals surface area contributed by atoms with Crippen LogP contribution in [0.15, 0.2) is 47.3 Å². The lowest BCUT2D eigenvalue weighted by atomic mass is 10.0. The Morgan fingerprint density at radius 1 is 1.00 bits per heavy atom. The van der Waals surface area contributed by atoms with Gasteiger partial charge in [-0.15, -0.1) is 0 Å². The summed E-state index contributed by atoms with van der Waals surface area (Å²) in [5.74, 6) is 0. The number of fused-ring (bicyclic) bond motifs is 1. The SMILES string of the molecule is CCc1ccc(NC(=S)N(CCCN(CC)CC)Cc2cc3c(C)cc(C)cc3[nH]c2=O)cc1. The summed E-state index contributed by atoms with van der Waals surface area (Å²) in [4.78, 5) is 20.6. The number of hydrogen-bond donors (Lipinski definition) is 2. The zero-order chi connectivity index (χ0) is 24.7. The van der Waals surface area contributed by atoms with Crippen LogP contribution in [0.1, 0.15) is 49.4 Å². The molecule has 0 spiro atoms. The molecule has 0 amide bonds. The van der Waals surface area contributed by atoms with E-state index in [1.165, 1.54) is 5.56 Å². The predicted molar refractivity (Wildman–Crippen MR) is 149 cm³/mol. The normalized spacial score (nSPS) is 11.2. The van der Waals surface area contributed by atoms with Crippen LogP contribution < -0.4 is 10.9 Å². The Morgan fingerprint density at radius 2 is 1.71 bits per heavy atom. The zero-order valence-corrected chi connectivity index (χ0v) is 22.0. The standard InChI is InChI=1S/C28H38N4OS/c1-6-22-10-12-24(13-11-22)29-28(34)32(15-9-14-31(7-2)8-3)19-23-18-25-21(5)16-20(4)17-26(25)30-27(23)33/h10-13,16-18H,6-9,14-15,19H2,1-5H3,(H,29,34)(H,30,33). The Bertz CT molecular complexity index is 1170. The number of nitrogens with one attached hydrogen (secondary N) is 2. The molecule has 182 valence electrons. The van der Waals surface area contributed by atoms with E-state index in [1.54, 1.807) is 0 Å². The third-order valence-electron chi connectivity index (χ3n) is 6.45. The summed E-state index contributed by atoms with van der Waals surface area (Å²) < 4.78 is 0. The number of aryl methyl sites for hydroxylation is 3. The fraction of sp³-hybridized carbons (Fsp3) is 0.429. The number of aromatic amines is 1. The third kappa shape index (κ3) is 6.67. The summed E-state index contributed by atoms with van der Waals surface area (Å²) in [6.07, 6.45) is 1.98. The van der Waals surface area contributed by atoms with E-state index in [9.17, 15) is 4.79 Å². The number of H-pyrrole nitrogens is 1. The van der Waals surface area contributed by atoms with Gasteiger partial charge in [0.15, 0.2) is 5.11 Å². The summed E-state index contributed by atoms with van der Waals surface area (Å²) in [6.45, 7) is 15.0. The zero-order valence-electron chi connectivity index (χ0n) is 21.2. The molecule has 0 aliphatic rings. The van der Waals surface area contributed by atoms with Crippen molar-refractivity contribution in [1.82, 2.24) is 14.8 Å². The number of benzene rings is 2. The third-order valence-corrected chi connectivity index (χ3v) is 6.81. The van der Waals surface area contributed by atoms with Crippen molar-refractivity contribution in [3.63, 3.8) is 0 Å². The van der Waals surface area contributed by atoms with E-state index in [-0.39, 0.29) is 5.56 Å². The fourth-order valence-corrected chi connectivity index (χ4v) is 4.62. The summed E-state index contributed by atoms with van der Waals surface area (Å²) in [6, 6.07) is 14.6. The molecule has 6 heteroatoms. The number of thiocarbonyl (C=S) groups is 1. The summed E-state index contributed by atoms with van der Waals surface area (Å²) >= 11 is 5.82. The first kappa shape index (κ1) is 25.9. The monoisotopic (exact) mass is 478 g/mol. The summed E-state index contributed by atoms with van der Waals surface area (Å²) in [7, 11) is 0. The van der Waals surface area contributed by atoms with Crippen LogP contribution in [0.25, 0.3) is 10.9 Å². The maximum Gasteiger partial charge on any atom is 0.253 e. The number of nitrogens with zero attached hydrogens (tertiary/aromatic N) is 2. The van der Waals surface area contributed by atoms with E-state index < -0.39 is 0 Å². The van der Waals surface area contributed by atoms with Gasteiger partial charge in [0.25, 0.3) is 5.56 Å². The van der Waals surface area contributed by atoms with Crippen molar-refractivity contribution in [3.8, 4) is 0 Å². The molecule has 0 fully saturated rings. The highest BCUT2D eigenvalue weighted by Gasteiger charge is 2.15. The predicted octanol–water partition coefficient (Wildman–Crippen LogP) is 5.64. The molecule has 1 aromatic heterocycles. The number of hydrogen-bond acceptors (Lipinski definition) is 3. The molecule has 0 aliphatic carbocycles. The van der Waals surface area contributed by atoms with E-state index in [1.807, 2.05) is 19.1 Å². The van der Waals surface area contributed by atoms with Gasteiger partial charge in [-0.1, -0.05) is 39.0 Å². The van der Waals surface area contributed by atoms with E-state index in [0.717, 1.165) is 72.3 Å².